The maximum absolute atomic E-state index is 10.0. The van der Waals surface area contributed by atoms with E-state index in [2.05, 4.69) is 0 Å². The van der Waals surface area contributed by atoms with E-state index in [0.717, 1.165) is 19.3 Å². The van der Waals surface area contributed by atoms with Crippen LogP contribution in [-0.4, -0.2) is 14.2 Å². The summed E-state index contributed by atoms with van der Waals surface area (Å²) in [6.07, 6.45) is 3.42. The first kappa shape index (κ1) is 9.91. The van der Waals surface area contributed by atoms with E-state index >= 15 is 0 Å². The Morgan fingerprint density at radius 3 is 2.10 bits per heavy atom. The maximum Gasteiger partial charge on any atom is 0.294 e. The molecule has 0 unspecified atom stereocenters. The smallest absolute Gasteiger partial charge is 0.197 e. The van der Waals surface area contributed by atoms with Crippen LogP contribution in [0.15, 0.2) is 0 Å². The predicted octanol–water partition coefficient (Wildman–Crippen LogP) is 1.33. The van der Waals surface area contributed by atoms with E-state index in [1.165, 1.54) is 0 Å². The SMILES string of the molecule is CCCCCCS([O])(=O)=O. The Hall–Kier alpha value is -0.0900. The van der Waals surface area contributed by atoms with Crippen molar-refractivity contribution in [2.24, 2.45) is 0 Å². The molecule has 0 atom stereocenters. The number of rotatable bonds is 5. The lowest BCUT2D eigenvalue weighted by Gasteiger charge is -1.93. The summed E-state index contributed by atoms with van der Waals surface area (Å²) in [4.78, 5) is 0. The van der Waals surface area contributed by atoms with Gasteiger partial charge in [0.05, 0.1) is 5.75 Å². The highest BCUT2D eigenvalue weighted by Crippen LogP contribution is 2.00. The first-order chi connectivity index (χ1) is 4.56. The second kappa shape index (κ2) is 4.68. The lowest BCUT2D eigenvalue weighted by Crippen LogP contribution is -2.01. The normalized spacial score (nSPS) is 11.8. The third kappa shape index (κ3) is 7.91. The Balaban J connectivity index is 3.21. The van der Waals surface area contributed by atoms with Gasteiger partial charge in [-0.1, -0.05) is 30.7 Å². The van der Waals surface area contributed by atoms with Crippen molar-refractivity contribution in [3.63, 3.8) is 0 Å². The second-order valence-corrected chi connectivity index (χ2v) is 3.85. The molecule has 4 heteroatoms. The van der Waals surface area contributed by atoms with Gasteiger partial charge in [-0.15, -0.1) is 0 Å². The van der Waals surface area contributed by atoms with Gasteiger partial charge in [-0.05, 0) is 6.42 Å². The van der Waals surface area contributed by atoms with Gasteiger partial charge < -0.3 is 0 Å². The molecule has 1 radical (unpaired) electrons. The molecule has 0 aliphatic carbocycles. The molecule has 0 aromatic heterocycles. The van der Waals surface area contributed by atoms with Crippen LogP contribution in [-0.2, 0) is 14.7 Å². The number of unbranched alkanes of at least 4 members (excludes halogenated alkanes) is 3. The molecule has 61 valence electrons. The number of hydrogen-bond acceptors (Lipinski definition) is 2. The molecule has 0 bridgehead atoms. The molecule has 0 aromatic rings. The van der Waals surface area contributed by atoms with Gasteiger partial charge in [0.15, 0.2) is 0 Å². The summed E-state index contributed by atoms with van der Waals surface area (Å²) >= 11 is 0. The Kier molecular flexibility index (Phi) is 4.64. The quantitative estimate of drug-likeness (QED) is 0.577. The summed E-state index contributed by atoms with van der Waals surface area (Å²) in [6, 6.07) is 0. The summed E-state index contributed by atoms with van der Waals surface area (Å²) in [5.74, 6) is -0.201. The molecule has 0 rings (SSSR count). The maximum atomic E-state index is 10.0. The zero-order valence-electron chi connectivity index (χ0n) is 6.17. The fourth-order valence-corrected chi connectivity index (χ4v) is 1.26. The zero-order valence-corrected chi connectivity index (χ0v) is 6.99. The molecule has 0 saturated heterocycles. The monoisotopic (exact) mass is 165 g/mol. The van der Waals surface area contributed by atoms with E-state index in [1.54, 1.807) is 0 Å². The molecule has 0 aliphatic rings. The third-order valence-electron chi connectivity index (χ3n) is 1.25. The molecular weight excluding hydrogens is 152 g/mol. The highest BCUT2D eigenvalue weighted by Gasteiger charge is 2.04. The molecule has 10 heavy (non-hydrogen) atoms. The molecule has 0 aliphatic heterocycles. The van der Waals surface area contributed by atoms with Gasteiger partial charge in [0, 0.05) is 0 Å². The molecule has 0 saturated carbocycles. The van der Waals surface area contributed by atoms with Gasteiger partial charge in [0.2, 0.25) is 0 Å². The van der Waals surface area contributed by atoms with Crippen molar-refractivity contribution in [2.75, 3.05) is 5.75 Å². The van der Waals surface area contributed by atoms with Crippen molar-refractivity contribution in [3.05, 3.63) is 0 Å². The van der Waals surface area contributed by atoms with Gasteiger partial charge in [-0.2, -0.15) is 8.42 Å². The molecule has 0 aromatic carbocycles. The van der Waals surface area contributed by atoms with E-state index in [1.807, 2.05) is 6.92 Å². The Labute approximate surface area is 62.2 Å². The topological polar surface area (TPSA) is 54.0 Å². The summed E-state index contributed by atoms with van der Waals surface area (Å²) in [5.41, 5.74) is 0. The second-order valence-electron chi connectivity index (χ2n) is 2.32. The van der Waals surface area contributed by atoms with Crippen molar-refractivity contribution in [1.29, 1.82) is 0 Å². The van der Waals surface area contributed by atoms with E-state index in [-0.39, 0.29) is 5.75 Å². The molecule has 0 spiro atoms. The van der Waals surface area contributed by atoms with Crippen molar-refractivity contribution in [2.45, 2.75) is 32.6 Å². The van der Waals surface area contributed by atoms with E-state index in [9.17, 15) is 13.0 Å². The first-order valence-electron chi connectivity index (χ1n) is 3.50. The van der Waals surface area contributed by atoms with Gasteiger partial charge in [-0.3, -0.25) is 0 Å². The van der Waals surface area contributed by atoms with Crippen LogP contribution in [0.1, 0.15) is 32.6 Å². The molecule has 0 N–H and O–H groups in total. The summed E-state index contributed by atoms with van der Waals surface area (Å²) in [6.45, 7) is 2.03. The Morgan fingerprint density at radius 1 is 1.10 bits per heavy atom. The lowest BCUT2D eigenvalue weighted by molar-refractivity contribution is 0.412. The van der Waals surface area contributed by atoms with Crippen molar-refractivity contribution < 1.29 is 13.0 Å². The van der Waals surface area contributed by atoms with Crippen LogP contribution in [0.25, 0.3) is 0 Å². The average molecular weight is 165 g/mol. The fraction of sp³-hybridized carbons (Fsp3) is 1.00. The summed E-state index contributed by atoms with van der Waals surface area (Å²) in [5, 5.41) is 0. The summed E-state index contributed by atoms with van der Waals surface area (Å²) < 4.78 is 30.1. The van der Waals surface area contributed by atoms with Gasteiger partial charge >= 0.3 is 0 Å². The minimum Gasteiger partial charge on any atom is -0.197 e. The van der Waals surface area contributed by atoms with Crippen LogP contribution < -0.4 is 0 Å². The Morgan fingerprint density at radius 2 is 1.70 bits per heavy atom. The highest BCUT2D eigenvalue weighted by molar-refractivity contribution is 7.85. The van der Waals surface area contributed by atoms with Crippen molar-refractivity contribution >= 4 is 10.1 Å². The van der Waals surface area contributed by atoms with E-state index in [0.29, 0.717) is 6.42 Å². The first-order valence-corrected chi connectivity index (χ1v) is 5.07. The van der Waals surface area contributed by atoms with Crippen LogP contribution in [0.5, 0.6) is 0 Å². The van der Waals surface area contributed by atoms with Crippen molar-refractivity contribution in [3.8, 4) is 0 Å². The number of hydrogen-bond donors (Lipinski definition) is 0. The minimum absolute atomic E-state index is 0.201. The third-order valence-corrected chi connectivity index (χ3v) is 2.04. The molecular formula is C6H13O3S. The standard InChI is InChI=1S/C6H13O3S/c1-2-3-4-5-6-10(7,8)9/h2-6H2,1H3. The van der Waals surface area contributed by atoms with Crippen LogP contribution >= 0.6 is 0 Å². The molecule has 0 amide bonds. The Bertz CT molecular complexity index is 160. The van der Waals surface area contributed by atoms with Gasteiger partial charge in [0.25, 0.3) is 10.1 Å². The molecule has 3 nitrogen and oxygen atoms in total. The molecule has 0 fully saturated rings. The van der Waals surface area contributed by atoms with E-state index < -0.39 is 10.1 Å². The summed E-state index contributed by atoms with van der Waals surface area (Å²) in [7, 11) is -3.95. The largest absolute Gasteiger partial charge is 0.294 e. The van der Waals surface area contributed by atoms with Gasteiger partial charge in [-0.25, -0.2) is 0 Å². The highest BCUT2D eigenvalue weighted by atomic mass is 32.2. The lowest BCUT2D eigenvalue weighted by atomic mass is 10.2. The van der Waals surface area contributed by atoms with Gasteiger partial charge in [0.1, 0.15) is 0 Å². The fourth-order valence-electron chi connectivity index (χ4n) is 0.706. The van der Waals surface area contributed by atoms with Crippen LogP contribution in [0.2, 0.25) is 0 Å². The van der Waals surface area contributed by atoms with Crippen LogP contribution in [0, 0.1) is 0 Å². The van der Waals surface area contributed by atoms with Crippen LogP contribution in [0.3, 0.4) is 0 Å². The van der Waals surface area contributed by atoms with E-state index in [4.69, 9.17) is 0 Å². The molecule has 0 heterocycles. The predicted molar refractivity (Wildman–Crippen MR) is 38.6 cm³/mol. The minimum atomic E-state index is -3.95. The van der Waals surface area contributed by atoms with Crippen molar-refractivity contribution in [1.82, 2.24) is 0 Å². The zero-order chi connectivity index (χ0) is 8.04. The van der Waals surface area contributed by atoms with Crippen LogP contribution in [0.4, 0.5) is 0 Å². The average Bonchev–Trinajstić information content (AvgIpc) is 1.78.